The molecular weight excluding hydrogens is 438 g/mol. The van der Waals surface area contributed by atoms with Crippen LogP contribution in [0.4, 0.5) is 8.78 Å². The minimum Gasteiger partial charge on any atom is -0.423 e. The van der Waals surface area contributed by atoms with Crippen molar-refractivity contribution in [1.82, 2.24) is 4.90 Å². The molecule has 0 aliphatic heterocycles. The molecule has 1 unspecified atom stereocenters. The molecule has 13 heteroatoms. The Kier molecular flexibility index (Phi) is 9.50. The van der Waals surface area contributed by atoms with E-state index in [2.05, 4.69) is 0 Å². The number of halogens is 2. The lowest BCUT2D eigenvalue weighted by molar-refractivity contribution is -0.119. The van der Waals surface area contributed by atoms with E-state index >= 15 is 0 Å². The molecule has 9 nitrogen and oxygen atoms in total. The summed E-state index contributed by atoms with van der Waals surface area (Å²) >= 11 is 0. The van der Waals surface area contributed by atoms with Crippen LogP contribution in [-0.4, -0.2) is 63.6 Å². The number of primary amides is 1. The van der Waals surface area contributed by atoms with Crippen LogP contribution in [0.15, 0.2) is 36.4 Å². The normalized spacial score (nSPS) is 11.7. The van der Waals surface area contributed by atoms with Crippen LogP contribution in [0, 0.1) is 11.6 Å². The Morgan fingerprint density at radius 1 is 1.00 bits per heavy atom. The number of amides is 2. The van der Waals surface area contributed by atoms with Gasteiger partial charge in [-0.25, -0.2) is 8.78 Å². The largest absolute Gasteiger partial charge is 0.491 e. The standard InChI is InChI=1S/C20H25B2F2N3O6/c23-15-9-13(8-14(10-15)21(30)31)20(29)27(6-2-1-3-18(25)19(26)28)11-12-4-5-17(24)16(7-12)22(32)33/h4-5,7-10,18,30-33H,1-3,6,11,25H2,(H2,26,28). The van der Waals surface area contributed by atoms with Gasteiger partial charge in [0, 0.05) is 24.1 Å². The van der Waals surface area contributed by atoms with Crippen molar-refractivity contribution in [3.8, 4) is 0 Å². The van der Waals surface area contributed by atoms with E-state index < -0.39 is 43.7 Å². The number of hydrogen-bond donors (Lipinski definition) is 6. The molecule has 8 N–H and O–H groups in total. The number of nitrogens with two attached hydrogens (primary N) is 2. The highest BCUT2D eigenvalue weighted by Crippen LogP contribution is 2.14. The van der Waals surface area contributed by atoms with E-state index in [1.807, 2.05) is 0 Å². The molecule has 0 radical (unpaired) electrons. The van der Waals surface area contributed by atoms with Gasteiger partial charge in [0.15, 0.2) is 0 Å². The van der Waals surface area contributed by atoms with Gasteiger partial charge in [-0.05, 0) is 54.6 Å². The molecule has 2 aromatic rings. The molecule has 0 bridgehead atoms. The van der Waals surface area contributed by atoms with E-state index in [0.29, 0.717) is 18.4 Å². The molecule has 0 fully saturated rings. The molecule has 0 spiro atoms. The van der Waals surface area contributed by atoms with E-state index in [9.17, 15) is 38.5 Å². The van der Waals surface area contributed by atoms with Crippen LogP contribution < -0.4 is 22.4 Å². The highest BCUT2D eigenvalue weighted by atomic mass is 19.1. The molecule has 0 heterocycles. The van der Waals surface area contributed by atoms with Crippen molar-refractivity contribution < 1.29 is 38.5 Å². The van der Waals surface area contributed by atoms with E-state index in [0.717, 1.165) is 24.3 Å². The van der Waals surface area contributed by atoms with Crippen LogP contribution in [0.2, 0.25) is 0 Å². The van der Waals surface area contributed by atoms with Crippen molar-refractivity contribution in [2.75, 3.05) is 6.54 Å². The van der Waals surface area contributed by atoms with Crippen LogP contribution in [-0.2, 0) is 11.3 Å². The summed E-state index contributed by atoms with van der Waals surface area (Å²) in [6.07, 6.45) is 1.13. The molecule has 33 heavy (non-hydrogen) atoms. The Morgan fingerprint density at radius 2 is 1.70 bits per heavy atom. The monoisotopic (exact) mass is 463 g/mol. The van der Waals surface area contributed by atoms with Crippen molar-refractivity contribution >= 4 is 37.0 Å². The average molecular weight is 463 g/mol. The molecule has 0 aliphatic rings. The van der Waals surface area contributed by atoms with Gasteiger partial charge in [0.2, 0.25) is 5.91 Å². The Morgan fingerprint density at radius 3 is 2.30 bits per heavy atom. The van der Waals surface area contributed by atoms with Gasteiger partial charge in [0.1, 0.15) is 11.6 Å². The molecule has 0 aliphatic carbocycles. The number of rotatable bonds is 11. The number of benzene rings is 2. The predicted octanol–water partition coefficient (Wildman–Crippen LogP) is -2.05. The summed E-state index contributed by atoms with van der Waals surface area (Å²) in [5.41, 5.74) is 10.4. The predicted molar refractivity (Wildman–Crippen MR) is 118 cm³/mol. The third-order valence-corrected chi connectivity index (χ3v) is 5.02. The summed E-state index contributed by atoms with van der Waals surface area (Å²) in [6, 6.07) is 5.71. The van der Waals surface area contributed by atoms with Crippen molar-refractivity contribution in [2.24, 2.45) is 11.5 Å². The summed E-state index contributed by atoms with van der Waals surface area (Å²) in [5, 5.41) is 37.3. The lowest BCUT2D eigenvalue weighted by Crippen LogP contribution is -2.37. The van der Waals surface area contributed by atoms with Crippen molar-refractivity contribution in [3.63, 3.8) is 0 Å². The molecule has 0 saturated carbocycles. The SMILES string of the molecule is NC(=O)C(N)CCCCN(Cc1ccc(F)c(B(O)O)c1)C(=O)c1cc(F)cc(B(O)O)c1. The Bertz CT molecular complexity index is 996. The molecule has 2 aromatic carbocycles. The highest BCUT2D eigenvalue weighted by Gasteiger charge is 2.22. The fourth-order valence-corrected chi connectivity index (χ4v) is 3.24. The topological polar surface area (TPSA) is 170 Å². The Balaban J connectivity index is 2.27. The zero-order chi connectivity index (χ0) is 24.7. The van der Waals surface area contributed by atoms with E-state index in [-0.39, 0.29) is 36.0 Å². The molecule has 176 valence electrons. The number of hydrogen-bond acceptors (Lipinski definition) is 7. The third-order valence-electron chi connectivity index (χ3n) is 5.02. The first-order valence-corrected chi connectivity index (χ1v) is 10.1. The highest BCUT2D eigenvalue weighted by molar-refractivity contribution is 6.59. The van der Waals surface area contributed by atoms with Gasteiger partial charge in [-0.2, -0.15) is 0 Å². The third kappa shape index (κ3) is 7.62. The van der Waals surface area contributed by atoms with Crippen LogP contribution in [0.25, 0.3) is 0 Å². The zero-order valence-electron chi connectivity index (χ0n) is 17.7. The Labute approximate surface area is 189 Å². The van der Waals surface area contributed by atoms with Gasteiger partial charge in [-0.1, -0.05) is 12.1 Å². The molecule has 2 rings (SSSR count). The minimum absolute atomic E-state index is 0.0891. The van der Waals surface area contributed by atoms with E-state index in [4.69, 9.17) is 11.5 Å². The smallest absolute Gasteiger partial charge is 0.423 e. The maximum absolute atomic E-state index is 13.9. The first-order valence-electron chi connectivity index (χ1n) is 10.1. The van der Waals surface area contributed by atoms with Crippen molar-refractivity contribution in [2.45, 2.75) is 31.8 Å². The number of nitrogens with zero attached hydrogens (tertiary/aromatic N) is 1. The lowest BCUT2D eigenvalue weighted by atomic mass is 9.79. The van der Waals surface area contributed by atoms with Gasteiger partial charge >= 0.3 is 14.2 Å². The second kappa shape index (κ2) is 11.9. The van der Waals surface area contributed by atoms with Gasteiger partial charge in [-0.3, -0.25) is 9.59 Å². The van der Waals surface area contributed by atoms with Gasteiger partial charge in [0.25, 0.3) is 5.91 Å². The number of unbranched alkanes of at least 4 members (excludes halogenated alkanes) is 1. The fraction of sp³-hybridized carbons (Fsp3) is 0.300. The quantitative estimate of drug-likeness (QED) is 0.165. The first-order chi connectivity index (χ1) is 15.5. The van der Waals surface area contributed by atoms with E-state index in [1.54, 1.807) is 0 Å². The second-order valence-corrected chi connectivity index (χ2v) is 7.61. The average Bonchev–Trinajstić information content (AvgIpc) is 2.75. The first kappa shape index (κ1) is 26.4. The maximum atomic E-state index is 13.9. The molecule has 0 aromatic heterocycles. The number of carbonyl (C=O) groups excluding carboxylic acids is 2. The fourth-order valence-electron chi connectivity index (χ4n) is 3.24. The van der Waals surface area contributed by atoms with Crippen molar-refractivity contribution in [3.05, 3.63) is 59.2 Å². The Hall–Kier alpha value is -2.83. The zero-order valence-corrected chi connectivity index (χ0v) is 17.7. The number of carbonyl (C=O) groups is 2. The minimum atomic E-state index is -2.05. The van der Waals surface area contributed by atoms with Gasteiger partial charge in [0.05, 0.1) is 6.04 Å². The van der Waals surface area contributed by atoms with Crippen LogP contribution >= 0.6 is 0 Å². The molecule has 2 amide bonds. The molecule has 0 saturated heterocycles. The summed E-state index contributed by atoms with van der Waals surface area (Å²) in [7, 11) is -4.04. The van der Waals surface area contributed by atoms with Crippen molar-refractivity contribution in [1.29, 1.82) is 0 Å². The summed E-state index contributed by atoms with van der Waals surface area (Å²) < 4.78 is 27.7. The lowest BCUT2D eigenvalue weighted by Gasteiger charge is -2.24. The van der Waals surface area contributed by atoms with Crippen LogP contribution in [0.3, 0.4) is 0 Å². The van der Waals surface area contributed by atoms with Crippen LogP contribution in [0.5, 0.6) is 0 Å². The summed E-state index contributed by atoms with van der Waals surface area (Å²) in [5.74, 6) is -2.98. The van der Waals surface area contributed by atoms with Gasteiger partial charge in [-0.15, -0.1) is 0 Å². The second-order valence-electron chi connectivity index (χ2n) is 7.61. The van der Waals surface area contributed by atoms with Gasteiger partial charge < -0.3 is 36.5 Å². The molecule has 1 atom stereocenters. The van der Waals surface area contributed by atoms with E-state index in [1.165, 1.54) is 17.0 Å². The summed E-state index contributed by atoms with van der Waals surface area (Å²) in [4.78, 5) is 25.5. The molecular formula is C20H25B2F2N3O6. The summed E-state index contributed by atoms with van der Waals surface area (Å²) in [6.45, 7) is 0.0421. The maximum Gasteiger partial charge on any atom is 0.491 e. The van der Waals surface area contributed by atoms with Crippen LogP contribution in [0.1, 0.15) is 35.2 Å².